The van der Waals surface area contributed by atoms with Crippen LogP contribution in [0.2, 0.25) is 0 Å². The van der Waals surface area contributed by atoms with Crippen LogP contribution in [0.5, 0.6) is 0 Å². The predicted octanol–water partition coefficient (Wildman–Crippen LogP) is 4.31. The van der Waals surface area contributed by atoms with Gasteiger partial charge in [0.15, 0.2) is 0 Å². The molecule has 1 amide bonds. The molecule has 1 aliphatic rings. The highest BCUT2D eigenvalue weighted by atomic mass is 32.2. The van der Waals surface area contributed by atoms with Crippen LogP contribution in [0.3, 0.4) is 0 Å². The third-order valence-corrected chi connectivity index (χ3v) is 7.97. The van der Waals surface area contributed by atoms with Crippen molar-refractivity contribution >= 4 is 33.3 Å². The lowest BCUT2D eigenvalue weighted by Gasteiger charge is -2.27. The molecule has 1 fully saturated rings. The van der Waals surface area contributed by atoms with Gasteiger partial charge in [0.2, 0.25) is 21.7 Å². The second kappa shape index (κ2) is 11.3. The fraction of sp³-hybridized carbons (Fsp3) is 0.385. The molecule has 1 aliphatic carbocycles. The monoisotopic (exact) mass is 544 g/mol. The topological polar surface area (TPSA) is 151 Å². The van der Waals surface area contributed by atoms with Crippen LogP contribution in [0, 0.1) is 31.5 Å². The molecule has 10 nitrogen and oxygen atoms in total. The van der Waals surface area contributed by atoms with Crippen molar-refractivity contribution in [2.24, 2.45) is 11.8 Å². The molecule has 2 atom stereocenters. The second-order valence-corrected chi connectivity index (χ2v) is 11.2. The Kier molecular flexibility index (Phi) is 8.10. The molecular weight excluding hydrogens is 515 g/mol. The van der Waals surface area contributed by atoms with E-state index in [1.165, 1.54) is 18.2 Å². The fourth-order valence-corrected chi connectivity index (χ4v) is 5.74. The summed E-state index contributed by atoms with van der Waals surface area (Å²) in [5.41, 5.74) is 1.83. The van der Waals surface area contributed by atoms with E-state index in [1.807, 2.05) is 0 Å². The van der Waals surface area contributed by atoms with Crippen molar-refractivity contribution in [1.82, 2.24) is 10.1 Å². The van der Waals surface area contributed by atoms with E-state index < -0.39 is 33.6 Å². The van der Waals surface area contributed by atoms with Crippen molar-refractivity contribution in [1.29, 1.82) is 0 Å². The normalized spacial score (nSPS) is 17.7. The van der Waals surface area contributed by atoms with Gasteiger partial charge in [-0.15, -0.1) is 0 Å². The van der Waals surface area contributed by atoms with Crippen molar-refractivity contribution in [2.45, 2.75) is 46.0 Å². The maximum atomic E-state index is 13.9. The number of rotatable bonds is 9. The first kappa shape index (κ1) is 27.2. The van der Waals surface area contributed by atoms with E-state index in [-0.39, 0.29) is 40.8 Å². The number of aromatic nitrogens is 2. The van der Waals surface area contributed by atoms with Gasteiger partial charge in [0.05, 0.1) is 29.0 Å². The van der Waals surface area contributed by atoms with Gasteiger partial charge >= 0.3 is 5.97 Å². The van der Waals surface area contributed by atoms with E-state index in [0.717, 1.165) is 12.8 Å². The number of carbonyl (C=O) groups is 2. The van der Waals surface area contributed by atoms with Gasteiger partial charge in [-0.05, 0) is 56.9 Å². The van der Waals surface area contributed by atoms with Crippen molar-refractivity contribution in [2.75, 3.05) is 15.8 Å². The molecule has 12 heteroatoms. The lowest BCUT2D eigenvalue weighted by Crippen LogP contribution is -2.36. The molecule has 1 aromatic carbocycles. The Morgan fingerprint density at radius 2 is 1.79 bits per heavy atom. The zero-order valence-corrected chi connectivity index (χ0v) is 21.8. The Bertz CT molecular complexity index is 1460. The Hall–Kier alpha value is -3.80. The molecule has 38 heavy (non-hydrogen) atoms. The summed E-state index contributed by atoms with van der Waals surface area (Å²) >= 11 is 0. The number of halogens is 1. The molecule has 0 radical (unpaired) electrons. The van der Waals surface area contributed by atoms with Gasteiger partial charge in [0, 0.05) is 0 Å². The average Bonchev–Trinajstić information content (AvgIpc) is 3.23. The molecule has 202 valence electrons. The number of aryl methyl sites for hydroxylation is 3. The number of amides is 1. The number of aliphatic carboxylic acids is 1. The first-order valence-electron chi connectivity index (χ1n) is 12.3. The molecule has 0 saturated heterocycles. The Morgan fingerprint density at radius 3 is 2.47 bits per heavy atom. The number of anilines is 2. The summed E-state index contributed by atoms with van der Waals surface area (Å²) in [5.74, 6) is -3.42. The minimum absolute atomic E-state index is 0.0167. The maximum absolute atomic E-state index is 13.9. The zero-order chi connectivity index (χ0) is 27.4. The number of carbonyl (C=O) groups excluding carboxylic acids is 1. The average molecular weight is 545 g/mol. The molecule has 4 rings (SSSR count). The summed E-state index contributed by atoms with van der Waals surface area (Å²) in [7, 11) is -3.88. The molecule has 2 heterocycles. The number of nitrogens with zero attached hydrogens (tertiary/aromatic N) is 2. The molecule has 2 aromatic heterocycles. The van der Waals surface area contributed by atoms with Crippen LogP contribution < -0.4 is 10.0 Å². The third kappa shape index (κ3) is 6.18. The number of hydrogen-bond donors (Lipinski definition) is 3. The number of benzene rings is 1. The Balaban J connectivity index is 1.49. The smallest absolute Gasteiger partial charge is 0.307 e. The number of carboxylic acids is 1. The minimum Gasteiger partial charge on any atom is -0.481 e. The maximum Gasteiger partial charge on any atom is 0.307 e. The largest absolute Gasteiger partial charge is 0.481 e. The molecule has 3 aromatic rings. The van der Waals surface area contributed by atoms with Gasteiger partial charge in [-0.25, -0.2) is 17.8 Å². The Morgan fingerprint density at radius 1 is 1.08 bits per heavy atom. The molecule has 0 bridgehead atoms. The van der Waals surface area contributed by atoms with Crippen molar-refractivity contribution in [3.8, 4) is 11.5 Å². The first-order valence-corrected chi connectivity index (χ1v) is 13.9. The standard InChI is InChI=1S/C26H29FN4O6S/c1-15-21(29-25(32)18-8-4-5-9-19(18)26(33)34)11-12-22(28-15)24-23(16(2)30-37-24)31-38(35,36)14-13-17-7-3-6-10-20(17)27/h3,6-7,10-12,18-19,31H,4-5,8-9,13-14H2,1-2H3,(H,29,32)(H,33,34)/t18-,19-/m0/s1. The van der Waals surface area contributed by atoms with E-state index in [9.17, 15) is 27.5 Å². The molecular formula is C26H29FN4O6S. The van der Waals surface area contributed by atoms with Crippen LogP contribution in [0.25, 0.3) is 11.5 Å². The van der Waals surface area contributed by atoms with Crippen LogP contribution >= 0.6 is 0 Å². The SMILES string of the molecule is Cc1nc(-c2onc(C)c2NS(=O)(=O)CCc2ccccc2F)ccc1NC(=O)[C@H]1CCCC[C@@H]1C(=O)O. The lowest BCUT2D eigenvalue weighted by molar-refractivity contribution is -0.147. The van der Waals surface area contributed by atoms with E-state index in [2.05, 4.69) is 20.2 Å². The molecule has 3 N–H and O–H groups in total. The van der Waals surface area contributed by atoms with Crippen molar-refractivity contribution < 1.29 is 32.0 Å². The van der Waals surface area contributed by atoms with Gasteiger partial charge in [-0.1, -0.05) is 36.2 Å². The van der Waals surface area contributed by atoms with Crippen LogP contribution in [0.15, 0.2) is 40.9 Å². The van der Waals surface area contributed by atoms with E-state index >= 15 is 0 Å². The number of hydrogen-bond acceptors (Lipinski definition) is 7. The van der Waals surface area contributed by atoms with E-state index in [1.54, 1.807) is 32.0 Å². The molecule has 0 aliphatic heterocycles. The molecule has 0 spiro atoms. The lowest BCUT2D eigenvalue weighted by atomic mass is 9.78. The first-order chi connectivity index (χ1) is 18.1. The number of nitrogens with one attached hydrogen (secondary N) is 2. The minimum atomic E-state index is -3.88. The van der Waals surface area contributed by atoms with E-state index in [0.29, 0.717) is 29.9 Å². The van der Waals surface area contributed by atoms with Crippen LogP contribution in [-0.4, -0.2) is 41.3 Å². The van der Waals surface area contributed by atoms with Crippen LogP contribution in [0.1, 0.15) is 42.6 Å². The predicted molar refractivity (Wildman–Crippen MR) is 138 cm³/mol. The fourth-order valence-electron chi connectivity index (χ4n) is 4.60. The molecule has 0 unspecified atom stereocenters. The van der Waals surface area contributed by atoms with Gasteiger partial charge < -0.3 is 14.9 Å². The van der Waals surface area contributed by atoms with Crippen LogP contribution in [-0.2, 0) is 26.0 Å². The van der Waals surface area contributed by atoms with Gasteiger partial charge in [0.25, 0.3) is 0 Å². The molecule has 1 saturated carbocycles. The van der Waals surface area contributed by atoms with Crippen LogP contribution in [0.4, 0.5) is 15.8 Å². The zero-order valence-electron chi connectivity index (χ0n) is 21.0. The second-order valence-electron chi connectivity index (χ2n) is 9.39. The van der Waals surface area contributed by atoms with Crippen molar-refractivity contribution in [3.63, 3.8) is 0 Å². The quantitative estimate of drug-likeness (QED) is 0.361. The van der Waals surface area contributed by atoms with Gasteiger partial charge in [-0.3, -0.25) is 14.3 Å². The number of carboxylic acid groups (broad SMARTS) is 1. The summed E-state index contributed by atoms with van der Waals surface area (Å²) in [6, 6.07) is 9.13. The number of sulfonamides is 1. The summed E-state index contributed by atoms with van der Waals surface area (Å²) in [4.78, 5) is 28.9. The number of pyridine rings is 1. The highest BCUT2D eigenvalue weighted by Crippen LogP contribution is 2.34. The summed E-state index contributed by atoms with van der Waals surface area (Å²) in [6.45, 7) is 3.24. The summed E-state index contributed by atoms with van der Waals surface area (Å²) < 4.78 is 47.3. The van der Waals surface area contributed by atoms with Gasteiger partial charge in [0.1, 0.15) is 22.9 Å². The summed E-state index contributed by atoms with van der Waals surface area (Å²) in [5, 5.41) is 16.1. The summed E-state index contributed by atoms with van der Waals surface area (Å²) in [6.07, 6.45) is 2.53. The van der Waals surface area contributed by atoms with E-state index in [4.69, 9.17) is 4.52 Å². The highest BCUT2D eigenvalue weighted by molar-refractivity contribution is 7.92. The van der Waals surface area contributed by atoms with Crippen molar-refractivity contribution in [3.05, 3.63) is 59.2 Å². The Labute approximate surface area is 219 Å². The van der Waals surface area contributed by atoms with Gasteiger partial charge in [-0.2, -0.15) is 0 Å². The highest BCUT2D eigenvalue weighted by Gasteiger charge is 2.36. The third-order valence-electron chi connectivity index (χ3n) is 6.71.